The van der Waals surface area contributed by atoms with E-state index in [0.717, 1.165) is 4.31 Å². The van der Waals surface area contributed by atoms with Gasteiger partial charge in [0.05, 0.1) is 15.6 Å². The molecule has 0 heterocycles. The van der Waals surface area contributed by atoms with Crippen molar-refractivity contribution in [2.24, 2.45) is 0 Å². The standard InChI is InChI=1S/C27H29ClFN3O4S/c1-19(2)30-27(34)20(3)31(17-21-11-7-9-15-24(21)29)26(33)18-32(25-16-10-8-14-23(25)28)37(35,36)22-12-5-4-6-13-22/h4-16,19-20H,17-18H2,1-3H3,(H,30,34)/t20-/m0/s1. The van der Waals surface area contributed by atoms with Crippen molar-refractivity contribution in [1.82, 2.24) is 10.2 Å². The average Bonchev–Trinajstić information content (AvgIpc) is 2.87. The van der Waals surface area contributed by atoms with E-state index < -0.39 is 40.2 Å². The van der Waals surface area contributed by atoms with Gasteiger partial charge in [0.25, 0.3) is 10.0 Å². The molecule has 0 radical (unpaired) electrons. The molecule has 10 heteroatoms. The first kappa shape index (κ1) is 28.1. The summed E-state index contributed by atoms with van der Waals surface area (Å²) in [6.07, 6.45) is 0. The van der Waals surface area contributed by atoms with Gasteiger partial charge in [-0.3, -0.25) is 13.9 Å². The Morgan fingerprint density at radius 2 is 1.51 bits per heavy atom. The molecule has 37 heavy (non-hydrogen) atoms. The van der Waals surface area contributed by atoms with E-state index in [-0.39, 0.29) is 33.8 Å². The van der Waals surface area contributed by atoms with Gasteiger partial charge in [-0.1, -0.05) is 60.1 Å². The van der Waals surface area contributed by atoms with Gasteiger partial charge in [-0.25, -0.2) is 12.8 Å². The minimum atomic E-state index is -4.22. The molecule has 1 atom stereocenters. The maximum Gasteiger partial charge on any atom is 0.264 e. The van der Waals surface area contributed by atoms with Gasteiger partial charge in [-0.05, 0) is 51.1 Å². The highest BCUT2D eigenvalue weighted by molar-refractivity contribution is 7.92. The molecule has 3 aromatic rings. The zero-order chi connectivity index (χ0) is 27.2. The molecule has 7 nitrogen and oxygen atoms in total. The maximum absolute atomic E-state index is 14.5. The number of nitrogens with one attached hydrogen (secondary N) is 1. The number of hydrogen-bond donors (Lipinski definition) is 1. The van der Waals surface area contributed by atoms with Crippen LogP contribution in [0.1, 0.15) is 26.3 Å². The highest BCUT2D eigenvalue weighted by Gasteiger charge is 2.33. The van der Waals surface area contributed by atoms with Crippen molar-refractivity contribution in [3.05, 3.63) is 95.3 Å². The summed E-state index contributed by atoms with van der Waals surface area (Å²) in [6, 6.07) is 18.6. The Morgan fingerprint density at radius 1 is 0.919 bits per heavy atom. The van der Waals surface area contributed by atoms with Crippen LogP contribution in [0.5, 0.6) is 0 Å². The number of para-hydroxylation sites is 1. The molecule has 0 aliphatic carbocycles. The first-order valence-electron chi connectivity index (χ1n) is 11.7. The summed E-state index contributed by atoms with van der Waals surface area (Å²) in [5.74, 6) is -1.69. The molecule has 2 amide bonds. The summed E-state index contributed by atoms with van der Waals surface area (Å²) < 4.78 is 42.8. The summed E-state index contributed by atoms with van der Waals surface area (Å²) in [7, 11) is -4.22. The Morgan fingerprint density at radius 3 is 2.14 bits per heavy atom. The van der Waals surface area contributed by atoms with Crippen molar-refractivity contribution in [3.63, 3.8) is 0 Å². The molecular formula is C27H29ClFN3O4S. The quantitative estimate of drug-likeness (QED) is 0.403. The fourth-order valence-corrected chi connectivity index (χ4v) is 5.43. The van der Waals surface area contributed by atoms with Crippen molar-refractivity contribution in [2.45, 2.75) is 44.3 Å². The molecule has 0 saturated heterocycles. The molecule has 0 bridgehead atoms. The van der Waals surface area contributed by atoms with Crippen molar-refractivity contribution in [1.29, 1.82) is 0 Å². The topological polar surface area (TPSA) is 86.8 Å². The zero-order valence-electron chi connectivity index (χ0n) is 20.8. The second kappa shape index (κ2) is 12.2. The summed E-state index contributed by atoms with van der Waals surface area (Å²) >= 11 is 6.35. The van der Waals surface area contributed by atoms with Crippen molar-refractivity contribution >= 4 is 39.1 Å². The van der Waals surface area contributed by atoms with Crippen LogP contribution in [0.3, 0.4) is 0 Å². The van der Waals surface area contributed by atoms with E-state index in [4.69, 9.17) is 11.6 Å². The molecule has 1 N–H and O–H groups in total. The lowest BCUT2D eigenvalue weighted by Gasteiger charge is -2.32. The van der Waals surface area contributed by atoms with Crippen LogP contribution in [0.15, 0.2) is 83.8 Å². The molecule has 3 aromatic carbocycles. The normalized spacial score (nSPS) is 12.2. The minimum Gasteiger partial charge on any atom is -0.352 e. The highest BCUT2D eigenvalue weighted by atomic mass is 35.5. The van der Waals surface area contributed by atoms with Crippen LogP contribution in [-0.4, -0.2) is 43.8 Å². The van der Waals surface area contributed by atoms with E-state index in [1.165, 1.54) is 54.3 Å². The second-order valence-corrected chi connectivity index (χ2v) is 11.0. The molecular weight excluding hydrogens is 517 g/mol. The lowest BCUT2D eigenvalue weighted by atomic mass is 10.1. The molecule has 0 aliphatic rings. The number of sulfonamides is 1. The third-order valence-corrected chi connectivity index (χ3v) is 7.72. The Bertz CT molecular complexity index is 1350. The second-order valence-electron chi connectivity index (χ2n) is 8.73. The third-order valence-electron chi connectivity index (χ3n) is 5.63. The molecule has 196 valence electrons. The van der Waals surface area contributed by atoms with E-state index in [2.05, 4.69) is 5.32 Å². The SMILES string of the molecule is CC(C)NC(=O)[C@H](C)N(Cc1ccccc1F)C(=O)CN(c1ccccc1Cl)S(=O)(=O)c1ccccc1. The van der Waals surface area contributed by atoms with Gasteiger partial charge >= 0.3 is 0 Å². The fourth-order valence-electron chi connectivity index (χ4n) is 3.68. The number of halogens is 2. The van der Waals surface area contributed by atoms with Gasteiger partial charge in [0, 0.05) is 18.2 Å². The maximum atomic E-state index is 14.5. The predicted molar refractivity (Wildman–Crippen MR) is 142 cm³/mol. The van der Waals surface area contributed by atoms with Gasteiger partial charge in [-0.2, -0.15) is 0 Å². The average molecular weight is 546 g/mol. The Labute approximate surface area is 221 Å². The van der Waals surface area contributed by atoms with Crippen LogP contribution in [0, 0.1) is 5.82 Å². The van der Waals surface area contributed by atoms with Crippen LogP contribution >= 0.6 is 11.6 Å². The van der Waals surface area contributed by atoms with Crippen LogP contribution in [0.25, 0.3) is 0 Å². The zero-order valence-corrected chi connectivity index (χ0v) is 22.3. The summed E-state index contributed by atoms with van der Waals surface area (Å²) in [5, 5.41) is 2.87. The largest absolute Gasteiger partial charge is 0.352 e. The first-order chi connectivity index (χ1) is 17.5. The number of carbonyl (C=O) groups is 2. The van der Waals surface area contributed by atoms with E-state index >= 15 is 0 Å². The number of amides is 2. The summed E-state index contributed by atoms with van der Waals surface area (Å²) in [4.78, 5) is 27.7. The van der Waals surface area contributed by atoms with Crippen molar-refractivity contribution in [2.75, 3.05) is 10.8 Å². The molecule has 0 saturated carbocycles. The molecule has 0 spiro atoms. The number of hydrogen-bond acceptors (Lipinski definition) is 4. The number of rotatable bonds is 10. The Kier molecular flexibility index (Phi) is 9.29. The number of benzene rings is 3. The Hall–Kier alpha value is -3.43. The molecule has 0 fully saturated rings. The van der Waals surface area contributed by atoms with E-state index in [0.29, 0.717) is 0 Å². The Balaban J connectivity index is 2.04. The van der Waals surface area contributed by atoms with Crippen molar-refractivity contribution in [3.8, 4) is 0 Å². The van der Waals surface area contributed by atoms with Crippen LogP contribution in [0.4, 0.5) is 10.1 Å². The number of carbonyl (C=O) groups excluding carboxylic acids is 2. The van der Waals surface area contributed by atoms with Gasteiger partial charge in [0.2, 0.25) is 11.8 Å². The molecule has 0 unspecified atom stereocenters. The minimum absolute atomic E-state index is 0.0334. The van der Waals surface area contributed by atoms with Gasteiger partial charge in [0.15, 0.2) is 0 Å². The van der Waals surface area contributed by atoms with E-state index in [1.807, 2.05) is 0 Å². The summed E-state index contributed by atoms with van der Waals surface area (Å²) in [6.45, 7) is 4.18. The first-order valence-corrected chi connectivity index (χ1v) is 13.5. The highest BCUT2D eigenvalue weighted by Crippen LogP contribution is 2.30. The van der Waals surface area contributed by atoms with Gasteiger partial charge in [0.1, 0.15) is 18.4 Å². The number of nitrogens with zero attached hydrogens (tertiary/aromatic N) is 2. The fraction of sp³-hybridized carbons (Fsp3) is 0.259. The van der Waals surface area contributed by atoms with E-state index in [9.17, 15) is 22.4 Å². The van der Waals surface area contributed by atoms with E-state index in [1.54, 1.807) is 50.2 Å². The lowest BCUT2D eigenvalue weighted by Crippen LogP contribution is -2.52. The third kappa shape index (κ3) is 6.87. The van der Waals surface area contributed by atoms with Crippen LogP contribution in [-0.2, 0) is 26.2 Å². The van der Waals surface area contributed by atoms with Gasteiger partial charge < -0.3 is 10.2 Å². The molecule has 0 aliphatic heterocycles. The van der Waals surface area contributed by atoms with Crippen molar-refractivity contribution < 1.29 is 22.4 Å². The smallest absolute Gasteiger partial charge is 0.264 e. The van der Waals surface area contributed by atoms with Crippen LogP contribution < -0.4 is 9.62 Å². The van der Waals surface area contributed by atoms with Crippen LogP contribution in [0.2, 0.25) is 5.02 Å². The lowest BCUT2D eigenvalue weighted by molar-refractivity contribution is -0.139. The molecule has 0 aromatic heterocycles. The predicted octanol–water partition coefficient (Wildman–Crippen LogP) is 4.62. The monoisotopic (exact) mass is 545 g/mol. The molecule has 3 rings (SSSR count). The van der Waals surface area contributed by atoms with Gasteiger partial charge in [-0.15, -0.1) is 0 Å². The number of anilines is 1. The summed E-state index contributed by atoms with van der Waals surface area (Å²) in [5.41, 5.74) is 0.293.